The van der Waals surface area contributed by atoms with Gasteiger partial charge in [0.05, 0.1) is 18.4 Å². The predicted octanol–water partition coefficient (Wildman–Crippen LogP) is 4.70. The van der Waals surface area contributed by atoms with Gasteiger partial charge in [0, 0.05) is 23.9 Å². The molecule has 2 aromatic heterocycles. The van der Waals surface area contributed by atoms with E-state index in [9.17, 15) is 0 Å². The molecule has 1 aliphatic heterocycles. The first-order valence-corrected chi connectivity index (χ1v) is 11.1. The van der Waals surface area contributed by atoms with Gasteiger partial charge in [-0.05, 0) is 58.8 Å². The molecule has 0 unspecified atom stereocenters. The van der Waals surface area contributed by atoms with E-state index in [1.165, 1.54) is 38.8 Å². The third-order valence-electron chi connectivity index (χ3n) is 5.92. The van der Waals surface area contributed by atoms with Crippen LogP contribution in [0.5, 0.6) is 5.75 Å². The number of anilines is 1. The molecule has 1 aliphatic rings. The van der Waals surface area contributed by atoms with Crippen molar-refractivity contribution in [3.63, 3.8) is 0 Å². The van der Waals surface area contributed by atoms with Gasteiger partial charge in [0.1, 0.15) is 11.6 Å². The van der Waals surface area contributed by atoms with Crippen LogP contribution in [0.1, 0.15) is 43.5 Å². The number of aromatic nitrogens is 3. The number of nitrogens with one attached hydrogen (secondary N) is 1. The number of para-hydroxylation sites is 1. The second-order valence-corrected chi connectivity index (χ2v) is 8.22. The average molecular weight is 408 g/mol. The molecule has 0 amide bonds. The Labute approximate surface area is 179 Å². The van der Waals surface area contributed by atoms with Crippen molar-refractivity contribution in [3.8, 4) is 16.9 Å². The highest BCUT2D eigenvalue weighted by Crippen LogP contribution is 2.35. The first kappa shape index (κ1) is 20.7. The first-order chi connectivity index (χ1) is 14.7. The van der Waals surface area contributed by atoms with E-state index < -0.39 is 0 Å². The summed E-state index contributed by atoms with van der Waals surface area (Å²) in [4.78, 5) is 7.43. The Morgan fingerprint density at radius 1 is 1.07 bits per heavy atom. The van der Waals surface area contributed by atoms with Crippen LogP contribution >= 0.6 is 0 Å². The fraction of sp³-hybridized carbons (Fsp3) is 0.500. The third kappa shape index (κ3) is 4.43. The standard InChI is InChI=1S/C24H33N5O/c1-18-17-22(25-13-10-16-28-14-8-4-5-9-15-28)29-24(26-18)23(19(2)27-29)20-11-6-7-12-21(20)30-3/h6-7,11-12,17,25H,4-5,8-10,13-16H2,1-3H3. The maximum absolute atomic E-state index is 5.59. The summed E-state index contributed by atoms with van der Waals surface area (Å²) < 4.78 is 7.53. The van der Waals surface area contributed by atoms with Gasteiger partial charge in [-0.1, -0.05) is 31.0 Å². The molecule has 3 aromatic rings. The molecule has 1 fully saturated rings. The molecule has 0 radical (unpaired) electrons. The first-order valence-electron chi connectivity index (χ1n) is 11.1. The van der Waals surface area contributed by atoms with Crippen LogP contribution in [-0.2, 0) is 0 Å². The summed E-state index contributed by atoms with van der Waals surface area (Å²) in [5.74, 6) is 1.84. The molecular weight excluding hydrogens is 374 g/mol. The van der Waals surface area contributed by atoms with E-state index >= 15 is 0 Å². The number of fused-ring (bicyclic) bond motifs is 1. The van der Waals surface area contributed by atoms with Crippen LogP contribution < -0.4 is 10.1 Å². The van der Waals surface area contributed by atoms with E-state index in [2.05, 4.69) is 22.3 Å². The van der Waals surface area contributed by atoms with Crippen molar-refractivity contribution in [3.05, 3.63) is 41.7 Å². The number of likely N-dealkylation sites (tertiary alicyclic amines) is 1. The monoisotopic (exact) mass is 407 g/mol. The zero-order valence-electron chi connectivity index (χ0n) is 18.4. The van der Waals surface area contributed by atoms with Gasteiger partial charge in [-0.3, -0.25) is 0 Å². The van der Waals surface area contributed by atoms with Crippen LogP contribution in [0.25, 0.3) is 16.8 Å². The van der Waals surface area contributed by atoms with E-state index in [0.717, 1.165) is 59.2 Å². The molecule has 0 aliphatic carbocycles. The number of rotatable bonds is 7. The minimum absolute atomic E-state index is 0.839. The predicted molar refractivity (Wildman–Crippen MR) is 122 cm³/mol. The zero-order valence-corrected chi connectivity index (χ0v) is 18.4. The van der Waals surface area contributed by atoms with Crippen molar-refractivity contribution >= 4 is 11.5 Å². The topological polar surface area (TPSA) is 54.7 Å². The smallest absolute Gasteiger partial charge is 0.165 e. The molecule has 0 atom stereocenters. The molecule has 1 N–H and O–H groups in total. The Kier molecular flexibility index (Phi) is 6.53. The van der Waals surface area contributed by atoms with Crippen LogP contribution in [0.15, 0.2) is 30.3 Å². The minimum Gasteiger partial charge on any atom is -0.496 e. The fourth-order valence-corrected chi connectivity index (χ4v) is 4.42. The van der Waals surface area contributed by atoms with Gasteiger partial charge < -0.3 is 15.0 Å². The molecule has 160 valence electrons. The SMILES string of the molecule is COc1ccccc1-c1c(C)nn2c(NCCCN3CCCCCC3)cc(C)nc12. The molecule has 1 saturated heterocycles. The second-order valence-electron chi connectivity index (χ2n) is 8.22. The van der Waals surface area contributed by atoms with Gasteiger partial charge in [0.15, 0.2) is 5.65 Å². The molecule has 3 heterocycles. The molecular formula is C24H33N5O. The van der Waals surface area contributed by atoms with Gasteiger partial charge in [0.2, 0.25) is 0 Å². The van der Waals surface area contributed by atoms with E-state index in [0.29, 0.717) is 0 Å². The highest BCUT2D eigenvalue weighted by molar-refractivity contribution is 5.84. The zero-order chi connectivity index (χ0) is 20.9. The fourth-order valence-electron chi connectivity index (χ4n) is 4.42. The molecule has 6 heteroatoms. The molecule has 0 bridgehead atoms. The van der Waals surface area contributed by atoms with Gasteiger partial charge >= 0.3 is 0 Å². The summed E-state index contributed by atoms with van der Waals surface area (Å²) in [6, 6.07) is 10.1. The second kappa shape index (κ2) is 9.47. The van der Waals surface area contributed by atoms with Crippen molar-refractivity contribution in [2.45, 2.75) is 46.0 Å². The van der Waals surface area contributed by atoms with Crippen molar-refractivity contribution < 1.29 is 4.74 Å². The highest BCUT2D eigenvalue weighted by Gasteiger charge is 2.18. The van der Waals surface area contributed by atoms with Gasteiger partial charge in [-0.15, -0.1) is 0 Å². The lowest BCUT2D eigenvalue weighted by Gasteiger charge is -2.19. The van der Waals surface area contributed by atoms with Crippen LogP contribution in [0, 0.1) is 13.8 Å². The molecule has 4 rings (SSSR count). The van der Waals surface area contributed by atoms with Gasteiger partial charge in [-0.25, -0.2) is 4.98 Å². The number of methoxy groups -OCH3 is 1. The van der Waals surface area contributed by atoms with E-state index in [-0.39, 0.29) is 0 Å². The third-order valence-corrected chi connectivity index (χ3v) is 5.92. The summed E-state index contributed by atoms with van der Waals surface area (Å²) in [5.41, 5.74) is 4.85. The van der Waals surface area contributed by atoms with Crippen LogP contribution in [-0.4, -0.2) is 52.8 Å². The average Bonchev–Trinajstić information content (AvgIpc) is 2.91. The van der Waals surface area contributed by atoms with E-state index in [1.54, 1.807) is 7.11 Å². The molecule has 30 heavy (non-hydrogen) atoms. The summed E-state index contributed by atoms with van der Waals surface area (Å²) in [6.45, 7) is 8.66. The van der Waals surface area contributed by atoms with Gasteiger partial charge in [-0.2, -0.15) is 9.61 Å². The number of ether oxygens (including phenoxy) is 1. The van der Waals surface area contributed by atoms with Crippen LogP contribution in [0.4, 0.5) is 5.82 Å². The van der Waals surface area contributed by atoms with Crippen LogP contribution in [0.3, 0.4) is 0 Å². The minimum atomic E-state index is 0.839. The summed E-state index contributed by atoms with van der Waals surface area (Å²) in [5, 5.41) is 8.42. The number of hydrogen-bond donors (Lipinski definition) is 1. The number of hydrogen-bond acceptors (Lipinski definition) is 5. The van der Waals surface area contributed by atoms with Crippen molar-refractivity contribution in [2.24, 2.45) is 0 Å². The Balaban J connectivity index is 1.54. The number of benzene rings is 1. The van der Waals surface area contributed by atoms with Gasteiger partial charge in [0.25, 0.3) is 0 Å². The Morgan fingerprint density at radius 2 is 1.83 bits per heavy atom. The maximum Gasteiger partial charge on any atom is 0.165 e. The number of aryl methyl sites for hydroxylation is 2. The Bertz CT molecular complexity index is 989. The highest BCUT2D eigenvalue weighted by atomic mass is 16.5. The van der Waals surface area contributed by atoms with E-state index in [1.807, 2.05) is 36.6 Å². The maximum atomic E-state index is 5.59. The molecule has 0 spiro atoms. The Morgan fingerprint density at radius 3 is 2.60 bits per heavy atom. The lowest BCUT2D eigenvalue weighted by atomic mass is 10.1. The lowest BCUT2D eigenvalue weighted by molar-refractivity contribution is 0.284. The largest absolute Gasteiger partial charge is 0.496 e. The summed E-state index contributed by atoms with van der Waals surface area (Å²) >= 11 is 0. The van der Waals surface area contributed by atoms with Crippen molar-refractivity contribution in [1.82, 2.24) is 19.5 Å². The quantitative estimate of drug-likeness (QED) is 0.575. The Hall–Kier alpha value is -2.60. The molecule has 6 nitrogen and oxygen atoms in total. The van der Waals surface area contributed by atoms with Crippen LogP contribution in [0.2, 0.25) is 0 Å². The van der Waals surface area contributed by atoms with Crippen molar-refractivity contribution in [2.75, 3.05) is 38.6 Å². The normalized spacial score (nSPS) is 15.3. The number of nitrogens with zero attached hydrogens (tertiary/aromatic N) is 4. The van der Waals surface area contributed by atoms with Crippen molar-refractivity contribution in [1.29, 1.82) is 0 Å². The molecule has 0 saturated carbocycles. The van der Waals surface area contributed by atoms with E-state index in [4.69, 9.17) is 14.8 Å². The molecule has 1 aromatic carbocycles. The summed E-state index contributed by atoms with van der Waals surface area (Å²) in [6.07, 6.45) is 6.58. The lowest BCUT2D eigenvalue weighted by Crippen LogP contribution is -2.27. The summed E-state index contributed by atoms with van der Waals surface area (Å²) in [7, 11) is 1.70.